The number of carbonyl (C=O) groups is 1. The summed E-state index contributed by atoms with van der Waals surface area (Å²) in [5, 5.41) is 11.7. The van der Waals surface area contributed by atoms with Gasteiger partial charge in [-0.15, -0.1) is 0 Å². The lowest BCUT2D eigenvalue weighted by Crippen LogP contribution is -2.64. The van der Waals surface area contributed by atoms with E-state index in [0.717, 1.165) is 0 Å². The van der Waals surface area contributed by atoms with Gasteiger partial charge in [-0.05, 0) is 20.8 Å². The molecule has 1 saturated heterocycles. The topological polar surface area (TPSA) is 58.6 Å². The van der Waals surface area contributed by atoms with Crippen LogP contribution in [0.5, 0.6) is 0 Å². The Hall–Kier alpha value is -0.610. The van der Waals surface area contributed by atoms with Gasteiger partial charge in [0.25, 0.3) is 0 Å². The number of hydrogen-bond donors (Lipinski definition) is 2. The SMILES string of the molecule is CC(C)(C)OC1(CC(=O)O)CNC1. The Morgan fingerprint density at radius 3 is 2.31 bits per heavy atom. The summed E-state index contributed by atoms with van der Waals surface area (Å²) < 4.78 is 5.73. The van der Waals surface area contributed by atoms with Crippen molar-refractivity contribution in [3.63, 3.8) is 0 Å². The Morgan fingerprint density at radius 2 is 2.08 bits per heavy atom. The summed E-state index contributed by atoms with van der Waals surface area (Å²) in [6.07, 6.45) is 0.0806. The van der Waals surface area contributed by atoms with Gasteiger partial charge >= 0.3 is 5.97 Å². The van der Waals surface area contributed by atoms with Gasteiger partial charge in [0.05, 0.1) is 12.0 Å². The average Bonchev–Trinajstić information content (AvgIpc) is 1.78. The molecule has 1 rings (SSSR count). The second-order valence-electron chi connectivity index (χ2n) is 4.57. The summed E-state index contributed by atoms with van der Waals surface area (Å²) in [6.45, 7) is 7.09. The number of carboxylic acid groups (broad SMARTS) is 1. The van der Waals surface area contributed by atoms with E-state index in [1.54, 1.807) is 0 Å². The molecule has 0 aromatic carbocycles. The highest BCUT2D eigenvalue weighted by Crippen LogP contribution is 2.27. The fourth-order valence-electron chi connectivity index (χ4n) is 1.56. The Morgan fingerprint density at radius 1 is 1.54 bits per heavy atom. The molecule has 0 aromatic heterocycles. The Bertz CT molecular complexity index is 203. The highest BCUT2D eigenvalue weighted by atomic mass is 16.5. The first kappa shape index (κ1) is 10.5. The van der Waals surface area contributed by atoms with Crippen LogP contribution in [0, 0.1) is 0 Å². The summed E-state index contributed by atoms with van der Waals surface area (Å²) in [5.41, 5.74) is -0.762. The van der Waals surface area contributed by atoms with Crippen molar-refractivity contribution >= 4 is 5.97 Å². The maximum Gasteiger partial charge on any atom is 0.306 e. The molecule has 13 heavy (non-hydrogen) atoms. The van der Waals surface area contributed by atoms with Crippen molar-refractivity contribution in [3.05, 3.63) is 0 Å². The molecule has 2 N–H and O–H groups in total. The van der Waals surface area contributed by atoms with Gasteiger partial charge in [0.1, 0.15) is 5.60 Å². The third-order valence-corrected chi connectivity index (χ3v) is 1.89. The van der Waals surface area contributed by atoms with E-state index in [-0.39, 0.29) is 12.0 Å². The summed E-state index contributed by atoms with van der Waals surface area (Å²) in [4.78, 5) is 10.6. The van der Waals surface area contributed by atoms with Gasteiger partial charge in [0.15, 0.2) is 0 Å². The van der Waals surface area contributed by atoms with E-state index < -0.39 is 11.6 Å². The number of hydrogen-bond acceptors (Lipinski definition) is 3. The van der Waals surface area contributed by atoms with E-state index in [4.69, 9.17) is 9.84 Å². The zero-order valence-electron chi connectivity index (χ0n) is 8.39. The summed E-state index contributed by atoms with van der Waals surface area (Å²) >= 11 is 0. The molecule has 0 aromatic rings. The van der Waals surface area contributed by atoms with Crippen molar-refractivity contribution in [1.29, 1.82) is 0 Å². The van der Waals surface area contributed by atoms with Gasteiger partial charge in [-0.2, -0.15) is 0 Å². The van der Waals surface area contributed by atoms with Gasteiger partial charge in [0, 0.05) is 13.1 Å². The first-order chi connectivity index (χ1) is 5.83. The van der Waals surface area contributed by atoms with Gasteiger partial charge in [-0.25, -0.2) is 0 Å². The van der Waals surface area contributed by atoms with Gasteiger partial charge in [-0.3, -0.25) is 4.79 Å². The lowest BCUT2D eigenvalue weighted by Gasteiger charge is -2.45. The highest BCUT2D eigenvalue weighted by molar-refractivity contribution is 5.68. The molecular weight excluding hydrogens is 170 g/mol. The quantitative estimate of drug-likeness (QED) is 0.680. The van der Waals surface area contributed by atoms with Gasteiger partial charge in [0.2, 0.25) is 0 Å². The monoisotopic (exact) mass is 187 g/mol. The van der Waals surface area contributed by atoms with Crippen LogP contribution in [-0.4, -0.2) is 35.4 Å². The predicted molar refractivity (Wildman–Crippen MR) is 48.7 cm³/mol. The highest BCUT2D eigenvalue weighted by Gasteiger charge is 2.43. The molecule has 0 aliphatic carbocycles. The third kappa shape index (κ3) is 2.97. The van der Waals surface area contributed by atoms with Crippen molar-refractivity contribution in [2.24, 2.45) is 0 Å². The van der Waals surface area contributed by atoms with Gasteiger partial charge in [-0.1, -0.05) is 0 Å². The van der Waals surface area contributed by atoms with E-state index in [0.29, 0.717) is 13.1 Å². The Labute approximate surface area is 78.3 Å². The van der Waals surface area contributed by atoms with Crippen LogP contribution in [0.3, 0.4) is 0 Å². The van der Waals surface area contributed by atoms with Crippen molar-refractivity contribution in [3.8, 4) is 0 Å². The summed E-state index contributed by atoms with van der Waals surface area (Å²) in [7, 11) is 0. The molecule has 0 saturated carbocycles. The Balaban J connectivity index is 2.55. The van der Waals surface area contributed by atoms with Crippen LogP contribution >= 0.6 is 0 Å². The lowest BCUT2D eigenvalue weighted by atomic mass is 9.91. The average molecular weight is 187 g/mol. The second kappa shape index (κ2) is 3.27. The largest absolute Gasteiger partial charge is 0.481 e. The number of carboxylic acids is 1. The number of rotatable bonds is 3. The standard InChI is InChI=1S/C9H17NO3/c1-8(2,3)13-9(4-7(11)12)5-10-6-9/h10H,4-6H2,1-3H3,(H,11,12). The molecule has 0 bridgehead atoms. The first-order valence-corrected chi connectivity index (χ1v) is 4.46. The minimum atomic E-state index is -0.800. The molecule has 1 aliphatic heterocycles. The number of aliphatic carboxylic acids is 1. The molecule has 0 radical (unpaired) electrons. The van der Waals surface area contributed by atoms with Crippen LogP contribution < -0.4 is 5.32 Å². The van der Waals surface area contributed by atoms with E-state index in [1.807, 2.05) is 20.8 Å². The van der Waals surface area contributed by atoms with Crippen molar-refractivity contribution in [1.82, 2.24) is 5.32 Å². The van der Waals surface area contributed by atoms with Crippen LogP contribution in [0.15, 0.2) is 0 Å². The molecule has 1 fully saturated rings. The summed E-state index contributed by atoms with van der Waals surface area (Å²) in [6, 6.07) is 0. The molecule has 76 valence electrons. The number of ether oxygens (including phenoxy) is 1. The zero-order valence-corrected chi connectivity index (χ0v) is 8.39. The van der Waals surface area contributed by atoms with E-state index in [2.05, 4.69) is 5.32 Å². The van der Waals surface area contributed by atoms with Crippen molar-refractivity contribution in [2.45, 2.75) is 38.4 Å². The van der Waals surface area contributed by atoms with E-state index in [1.165, 1.54) is 0 Å². The van der Waals surface area contributed by atoms with Gasteiger partial charge < -0.3 is 15.2 Å². The smallest absolute Gasteiger partial charge is 0.306 e. The zero-order chi connectivity index (χ0) is 10.1. The van der Waals surface area contributed by atoms with E-state index in [9.17, 15) is 4.79 Å². The van der Waals surface area contributed by atoms with Crippen LogP contribution in [0.2, 0.25) is 0 Å². The minimum Gasteiger partial charge on any atom is -0.481 e. The fraction of sp³-hybridized carbons (Fsp3) is 0.889. The predicted octanol–water partition coefficient (Wildman–Crippen LogP) is 0.618. The molecular formula is C9H17NO3. The molecule has 0 spiro atoms. The first-order valence-electron chi connectivity index (χ1n) is 4.46. The molecule has 1 aliphatic rings. The molecule has 4 nitrogen and oxygen atoms in total. The van der Waals surface area contributed by atoms with Crippen molar-refractivity contribution in [2.75, 3.05) is 13.1 Å². The fourth-order valence-corrected chi connectivity index (χ4v) is 1.56. The molecule has 1 heterocycles. The molecule has 0 unspecified atom stereocenters. The van der Waals surface area contributed by atoms with Crippen LogP contribution in [0.25, 0.3) is 0 Å². The normalized spacial score (nSPS) is 20.8. The van der Waals surface area contributed by atoms with Crippen LogP contribution in [0.4, 0.5) is 0 Å². The van der Waals surface area contributed by atoms with Crippen LogP contribution in [-0.2, 0) is 9.53 Å². The number of nitrogens with one attached hydrogen (secondary N) is 1. The van der Waals surface area contributed by atoms with Crippen molar-refractivity contribution < 1.29 is 14.6 Å². The molecule has 4 heteroatoms. The maximum atomic E-state index is 10.6. The molecule has 0 amide bonds. The second-order valence-corrected chi connectivity index (χ2v) is 4.57. The maximum absolute atomic E-state index is 10.6. The minimum absolute atomic E-state index is 0.0806. The van der Waals surface area contributed by atoms with E-state index >= 15 is 0 Å². The lowest BCUT2D eigenvalue weighted by molar-refractivity contribution is -0.174. The van der Waals surface area contributed by atoms with Crippen LogP contribution in [0.1, 0.15) is 27.2 Å². The third-order valence-electron chi connectivity index (χ3n) is 1.89. The Kier molecular flexibility index (Phi) is 2.63. The summed E-state index contributed by atoms with van der Waals surface area (Å²) in [5.74, 6) is -0.800. The molecule has 0 atom stereocenters.